The summed E-state index contributed by atoms with van der Waals surface area (Å²) in [5.41, 5.74) is 1.28. The molecule has 0 radical (unpaired) electrons. The van der Waals surface area contributed by atoms with Crippen LogP contribution in [-0.4, -0.2) is 24.1 Å². The molecular weight excluding hydrogens is 258 g/mol. The largest absolute Gasteiger partial charge is 0.354 e. The Balaban J connectivity index is 1.89. The molecule has 1 aliphatic carbocycles. The van der Waals surface area contributed by atoms with Crippen molar-refractivity contribution in [3.8, 4) is 0 Å². The summed E-state index contributed by atoms with van der Waals surface area (Å²) in [6, 6.07) is 5.16. The van der Waals surface area contributed by atoms with Crippen molar-refractivity contribution in [3.05, 3.63) is 23.9 Å². The van der Waals surface area contributed by atoms with Gasteiger partial charge in [-0.1, -0.05) is 33.8 Å². The zero-order chi connectivity index (χ0) is 15.2. The monoisotopic (exact) mass is 289 g/mol. The highest BCUT2D eigenvalue weighted by Gasteiger charge is 2.29. The summed E-state index contributed by atoms with van der Waals surface area (Å²) in [5, 5.41) is 3.47. The minimum Gasteiger partial charge on any atom is -0.354 e. The first-order chi connectivity index (χ1) is 10.1. The highest BCUT2D eigenvalue weighted by molar-refractivity contribution is 5.42. The normalized spacial score (nSPS) is 15.0. The van der Waals surface area contributed by atoms with E-state index in [0.29, 0.717) is 5.92 Å². The Morgan fingerprint density at radius 3 is 2.48 bits per heavy atom. The van der Waals surface area contributed by atoms with E-state index in [0.717, 1.165) is 37.4 Å². The molecule has 3 nitrogen and oxygen atoms in total. The molecule has 1 N–H and O–H groups in total. The van der Waals surface area contributed by atoms with E-state index in [1.807, 2.05) is 6.20 Å². The highest BCUT2D eigenvalue weighted by atomic mass is 15.2. The van der Waals surface area contributed by atoms with E-state index in [2.05, 4.69) is 50.0 Å². The highest BCUT2D eigenvalue weighted by Crippen LogP contribution is 2.31. The van der Waals surface area contributed by atoms with E-state index < -0.39 is 0 Å². The lowest BCUT2D eigenvalue weighted by molar-refractivity contribution is 0.551. The van der Waals surface area contributed by atoms with Crippen molar-refractivity contribution in [2.45, 2.75) is 59.5 Å². The van der Waals surface area contributed by atoms with Gasteiger partial charge < -0.3 is 10.2 Å². The first-order valence-corrected chi connectivity index (χ1v) is 8.48. The molecular formula is C18H31N3. The Kier molecular flexibility index (Phi) is 6.04. The first-order valence-electron chi connectivity index (χ1n) is 8.48. The molecule has 0 atom stereocenters. The SMILES string of the molecule is CC(C)CCN(c1ccc(CNCC(C)C)cn1)C1CC1. The van der Waals surface area contributed by atoms with Gasteiger partial charge in [0.2, 0.25) is 0 Å². The molecule has 0 aliphatic heterocycles. The van der Waals surface area contributed by atoms with E-state index in [9.17, 15) is 0 Å². The molecule has 3 heteroatoms. The van der Waals surface area contributed by atoms with E-state index in [1.165, 1.54) is 24.8 Å². The fourth-order valence-electron chi connectivity index (χ4n) is 2.46. The van der Waals surface area contributed by atoms with Crippen LogP contribution < -0.4 is 10.2 Å². The Morgan fingerprint density at radius 2 is 1.95 bits per heavy atom. The summed E-state index contributed by atoms with van der Waals surface area (Å²) in [5.74, 6) is 2.61. The van der Waals surface area contributed by atoms with Crippen LogP contribution in [0.2, 0.25) is 0 Å². The summed E-state index contributed by atoms with van der Waals surface area (Å²) in [7, 11) is 0. The average molecular weight is 289 g/mol. The van der Waals surface area contributed by atoms with E-state index in [-0.39, 0.29) is 0 Å². The van der Waals surface area contributed by atoms with Crippen LogP contribution in [0.1, 0.15) is 52.5 Å². The van der Waals surface area contributed by atoms with Gasteiger partial charge in [-0.3, -0.25) is 0 Å². The minimum atomic E-state index is 0.693. The van der Waals surface area contributed by atoms with Crippen LogP contribution in [0.3, 0.4) is 0 Å². The molecule has 0 unspecified atom stereocenters. The smallest absolute Gasteiger partial charge is 0.128 e. The second kappa shape index (κ2) is 7.79. The van der Waals surface area contributed by atoms with Crippen LogP contribution in [0.25, 0.3) is 0 Å². The van der Waals surface area contributed by atoms with Crippen molar-refractivity contribution in [1.82, 2.24) is 10.3 Å². The molecule has 2 rings (SSSR count). The molecule has 1 aromatic rings. The standard InChI is InChI=1S/C18H31N3/c1-14(2)9-10-21(17-6-7-17)18-8-5-16(13-20-18)12-19-11-15(3)4/h5,8,13-15,17,19H,6-7,9-12H2,1-4H3. The van der Waals surface area contributed by atoms with Crippen LogP contribution in [0.4, 0.5) is 5.82 Å². The zero-order valence-electron chi connectivity index (χ0n) is 14.1. The Bertz CT molecular complexity index is 407. The van der Waals surface area contributed by atoms with Crippen LogP contribution in [0.5, 0.6) is 0 Å². The third kappa shape index (κ3) is 5.66. The number of hydrogen-bond acceptors (Lipinski definition) is 3. The predicted octanol–water partition coefficient (Wildman–Crippen LogP) is 3.84. The van der Waals surface area contributed by atoms with Crippen molar-refractivity contribution >= 4 is 5.82 Å². The van der Waals surface area contributed by atoms with Crippen molar-refractivity contribution in [1.29, 1.82) is 0 Å². The second-order valence-corrected chi connectivity index (χ2v) is 7.16. The lowest BCUT2D eigenvalue weighted by Gasteiger charge is -2.24. The number of hydrogen-bond donors (Lipinski definition) is 1. The Labute approximate surface area is 130 Å². The number of anilines is 1. The predicted molar refractivity (Wildman–Crippen MR) is 90.6 cm³/mol. The molecule has 1 saturated carbocycles. The fraction of sp³-hybridized carbons (Fsp3) is 0.722. The van der Waals surface area contributed by atoms with Gasteiger partial charge in [0.1, 0.15) is 5.82 Å². The van der Waals surface area contributed by atoms with E-state index in [4.69, 9.17) is 4.98 Å². The summed E-state index contributed by atoms with van der Waals surface area (Å²) in [6.07, 6.45) is 5.94. The lowest BCUT2D eigenvalue weighted by Crippen LogP contribution is -2.28. The van der Waals surface area contributed by atoms with Gasteiger partial charge in [-0.25, -0.2) is 4.98 Å². The summed E-state index contributed by atoms with van der Waals surface area (Å²) >= 11 is 0. The van der Waals surface area contributed by atoms with Gasteiger partial charge in [0.05, 0.1) is 0 Å². The average Bonchev–Trinajstić information content (AvgIpc) is 3.24. The zero-order valence-corrected chi connectivity index (χ0v) is 14.1. The lowest BCUT2D eigenvalue weighted by atomic mass is 10.1. The van der Waals surface area contributed by atoms with Crippen molar-refractivity contribution in [2.24, 2.45) is 11.8 Å². The number of nitrogens with one attached hydrogen (secondary N) is 1. The Hall–Kier alpha value is -1.09. The van der Waals surface area contributed by atoms with Gasteiger partial charge in [0, 0.05) is 25.3 Å². The minimum absolute atomic E-state index is 0.693. The maximum atomic E-state index is 4.70. The quantitative estimate of drug-likeness (QED) is 0.748. The van der Waals surface area contributed by atoms with Gasteiger partial charge in [-0.05, 0) is 49.3 Å². The molecule has 1 aromatic heterocycles. The number of nitrogens with zero attached hydrogens (tertiary/aromatic N) is 2. The molecule has 21 heavy (non-hydrogen) atoms. The molecule has 118 valence electrons. The number of aromatic nitrogens is 1. The third-order valence-corrected chi connectivity index (χ3v) is 3.92. The summed E-state index contributed by atoms with van der Waals surface area (Å²) in [4.78, 5) is 7.21. The third-order valence-electron chi connectivity index (χ3n) is 3.92. The van der Waals surface area contributed by atoms with Crippen LogP contribution >= 0.6 is 0 Å². The van der Waals surface area contributed by atoms with Crippen molar-refractivity contribution in [3.63, 3.8) is 0 Å². The van der Waals surface area contributed by atoms with Crippen LogP contribution in [0.15, 0.2) is 18.3 Å². The van der Waals surface area contributed by atoms with Crippen molar-refractivity contribution in [2.75, 3.05) is 18.0 Å². The van der Waals surface area contributed by atoms with Gasteiger partial charge in [0.25, 0.3) is 0 Å². The fourth-order valence-corrected chi connectivity index (χ4v) is 2.46. The Morgan fingerprint density at radius 1 is 1.19 bits per heavy atom. The molecule has 1 aliphatic rings. The van der Waals surface area contributed by atoms with Gasteiger partial charge in [0.15, 0.2) is 0 Å². The summed E-state index contributed by atoms with van der Waals surface area (Å²) in [6.45, 7) is 12.2. The van der Waals surface area contributed by atoms with E-state index in [1.54, 1.807) is 0 Å². The maximum Gasteiger partial charge on any atom is 0.128 e. The number of rotatable bonds is 9. The van der Waals surface area contributed by atoms with Gasteiger partial charge >= 0.3 is 0 Å². The molecule has 0 amide bonds. The maximum absolute atomic E-state index is 4.70. The molecule has 0 spiro atoms. The number of pyridine rings is 1. The molecule has 0 saturated heterocycles. The van der Waals surface area contributed by atoms with Crippen molar-refractivity contribution < 1.29 is 0 Å². The molecule has 0 aromatic carbocycles. The van der Waals surface area contributed by atoms with E-state index >= 15 is 0 Å². The summed E-state index contributed by atoms with van der Waals surface area (Å²) < 4.78 is 0. The van der Waals surface area contributed by atoms with Crippen LogP contribution in [-0.2, 0) is 6.54 Å². The molecule has 0 bridgehead atoms. The molecule has 1 heterocycles. The second-order valence-electron chi connectivity index (χ2n) is 7.16. The van der Waals surface area contributed by atoms with Gasteiger partial charge in [-0.15, -0.1) is 0 Å². The molecule has 1 fully saturated rings. The van der Waals surface area contributed by atoms with Crippen LogP contribution in [0, 0.1) is 11.8 Å². The first kappa shape index (κ1) is 16.3. The topological polar surface area (TPSA) is 28.2 Å². The van der Waals surface area contributed by atoms with Gasteiger partial charge in [-0.2, -0.15) is 0 Å².